The Hall–Kier alpha value is -0.850. The predicted molar refractivity (Wildman–Crippen MR) is 93.5 cm³/mol. The van der Waals surface area contributed by atoms with Crippen LogP contribution in [-0.2, 0) is 14.3 Å². The summed E-state index contributed by atoms with van der Waals surface area (Å²) in [5.74, 6) is -0.119. The zero-order chi connectivity index (χ0) is 16.8. The molecule has 1 fully saturated rings. The quantitative estimate of drug-likeness (QED) is 0.708. The molecule has 0 aliphatic carbocycles. The lowest BCUT2D eigenvalue weighted by molar-refractivity contribution is -0.140. The molecule has 23 heavy (non-hydrogen) atoms. The molecule has 136 valence electrons. The zero-order valence-electron chi connectivity index (χ0n) is 14.8. The average molecular weight is 350 g/mol. The second kappa shape index (κ2) is 10.1. The maximum Gasteiger partial charge on any atom is 0.244 e. The minimum Gasteiger partial charge on any atom is -0.378 e. The van der Waals surface area contributed by atoms with E-state index in [1.54, 1.807) is 6.92 Å². The van der Waals surface area contributed by atoms with E-state index in [9.17, 15) is 9.59 Å². The van der Waals surface area contributed by atoms with Gasteiger partial charge in [-0.3, -0.25) is 9.59 Å². The Morgan fingerprint density at radius 2 is 1.87 bits per heavy atom. The fourth-order valence-corrected chi connectivity index (χ4v) is 2.32. The highest BCUT2D eigenvalue weighted by Crippen LogP contribution is 2.16. The molecule has 6 nitrogen and oxygen atoms in total. The Morgan fingerprint density at radius 3 is 2.35 bits per heavy atom. The van der Waals surface area contributed by atoms with E-state index >= 15 is 0 Å². The molecule has 1 atom stereocenters. The number of nitrogens with zero attached hydrogens (tertiary/aromatic N) is 1. The minimum atomic E-state index is -0.488. The average Bonchev–Trinajstić information content (AvgIpc) is 2.46. The van der Waals surface area contributed by atoms with E-state index in [0.29, 0.717) is 26.2 Å². The van der Waals surface area contributed by atoms with E-state index in [-0.39, 0.29) is 30.3 Å². The van der Waals surface area contributed by atoms with Gasteiger partial charge in [0, 0.05) is 25.1 Å². The van der Waals surface area contributed by atoms with E-state index in [0.717, 1.165) is 19.3 Å². The van der Waals surface area contributed by atoms with Crippen LogP contribution in [0, 0.1) is 5.41 Å². The van der Waals surface area contributed by atoms with Crippen LogP contribution in [0.3, 0.4) is 0 Å². The fourth-order valence-electron chi connectivity index (χ4n) is 2.32. The molecule has 0 aromatic carbocycles. The van der Waals surface area contributed by atoms with Crippen molar-refractivity contribution in [1.29, 1.82) is 0 Å². The molecule has 7 heteroatoms. The molecule has 0 aromatic rings. The Balaban J connectivity index is 0.00000484. The van der Waals surface area contributed by atoms with Crippen molar-refractivity contribution in [1.82, 2.24) is 10.2 Å². The first-order chi connectivity index (χ1) is 10.3. The van der Waals surface area contributed by atoms with Crippen LogP contribution in [0.1, 0.15) is 47.0 Å². The van der Waals surface area contributed by atoms with Gasteiger partial charge in [0.2, 0.25) is 11.8 Å². The summed E-state index contributed by atoms with van der Waals surface area (Å²) in [5, 5.41) is 2.79. The second-order valence-electron chi connectivity index (χ2n) is 6.98. The van der Waals surface area contributed by atoms with Gasteiger partial charge >= 0.3 is 0 Å². The summed E-state index contributed by atoms with van der Waals surface area (Å²) in [4.78, 5) is 26.1. The first-order valence-electron chi connectivity index (χ1n) is 8.17. The number of carbonyl (C=O) groups is 2. The van der Waals surface area contributed by atoms with Crippen molar-refractivity contribution in [3.8, 4) is 0 Å². The normalized spacial score (nSPS) is 17.3. The number of nitrogens with one attached hydrogen (secondary N) is 1. The molecule has 1 aliphatic rings. The standard InChI is InChI=1S/C16H31N3O3.ClH/c1-12(18-15(21)16(2,3)4)14(20)19-9-6-13(7-10-19)22-11-5-8-17;/h12-13H,5-11,17H2,1-4H3,(H,18,21);1H. The summed E-state index contributed by atoms with van der Waals surface area (Å²) < 4.78 is 5.73. The van der Waals surface area contributed by atoms with Crippen molar-refractivity contribution in [3.63, 3.8) is 0 Å². The molecular weight excluding hydrogens is 318 g/mol. The van der Waals surface area contributed by atoms with Crippen LogP contribution in [0.4, 0.5) is 0 Å². The van der Waals surface area contributed by atoms with Gasteiger partial charge in [0.05, 0.1) is 6.10 Å². The monoisotopic (exact) mass is 349 g/mol. The van der Waals surface area contributed by atoms with Gasteiger partial charge in [-0.05, 0) is 32.7 Å². The van der Waals surface area contributed by atoms with Crippen LogP contribution in [0.2, 0.25) is 0 Å². The number of rotatable bonds is 6. The van der Waals surface area contributed by atoms with E-state index in [1.807, 2.05) is 25.7 Å². The smallest absolute Gasteiger partial charge is 0.244 e. The fraction of sp³-hybridized carbons (Fsp3) is 0.875. The highest BCUT2D eigenvalue weighted by Gasteiger charge is 2.29. The Morgan fingerprint density at radius 1 is 1.30 bits per heavy atom. The summed E-state index contributed by atoms with van der Waals surface area (Å²) in [6.45, 7) is 9.95. The lowest BCUT2D eigenvalue weighted by Gasteiger charge is -2.34. The molecule has 3 N–H and O–H groups in total. The number of hydrogen-bond donors (Lipinski definition) is 2. The third-order valence-electron chi connectivity index (χ3n) is 3.85. The molecule has 1 unspecified atom stereocenters. The molecule has 0 radical (unpaired) electrons. The van der Waals surface area contributed by atoms with Crippen molar-refractivity contribution in [2.45, 2.75) is 59.1 Å². The number of hydrogen-bond acceptors (Lipinski definition) is 4. The number of ether oxygens (including phenoxy) is 1. The van der Waals surface area contributed by atoms with Gasteiger partial charge in [0.15, 0.2) is 0 Å². The van der Waals surface area contributed by atoms with Gasteiger partial charge in [-0.25, -0.2) is 0 Å². The van der Waals surface area contributed by atoms with Crippen molar-refractivity contribution in [2.75, 3.05) is 26.2 Å². The molecule has 0 spiro atoms. The number of nitrogens with two attached hydrogens (primary N) is 1. The first kappa shape index (κ1) is 22.1. The van der Waals surface area contributed by atoms with E-state index in [2.05, 4.69) is 5.32 Å². The van der Waals surface area contributed by atoms with Crippen molar-refractivity contribution < 1.29 is 14.3 Å². The Bertz CT molecular complexity index is 377. The minimum absolute atomic E-state index is 0. The summed E-state index contributed by atoms with van der Waals surface area (Å²) in [5.41, 5.74) is 4.95. The zero-order valence-corrected chi connectivity index (χ0v) is 15.6. The molecule has 0 aromatic heterocycles. The van der Waals surface area contributed by atoms with E-state index < -0.39 is 11.5 Å². The molecule has 0 bridgehead atoms. The third kappa shape index (κ3) is 7.50. The van der Waals surface area contributed by atoms with Crippen LogP contribution in [0.5, 0.6) is 0 Å². The molecule has 2 amide bonds. The number of carbonyl (C=O) groups excluding carboxylic acids is 2. The van der Waals surface area contributed by atoms with E-state index in [4.69, 9.17) is 10.5 Å². The van der Waals surface area contributed by atoms with Crippen LogP contribution >= 0.6 is 12.4 Å². The lowest BCUT2D eigenvalue weighted by atomic mass is 9.95. The maximum absolute atomic E-state index is 12.4. The van der Waals surface area contributed by atoms with Gasteiger partial charge < -0.3 is 20.7 Å². The Kier molecular flexibility index (Phi) is 9.73. The van der Waals surface area contributed by atoms with Crippen LogP contribution in [0.15, 0.2) is 0 Å². The number of halogens is 1. The van der Waals surface area contributed by atoms with Gasteiger partial charge in [0.1, 0.15) is 6.04 Å². The number of likely N-dealkylation sites (tertiary alicyclic amines) is 1. The maximum atomic E-state index is 12.4. The van der Waals surface area contributed by atoms with Gasteiger partial charge in [0.25, 0.3) is 0 Å². The highest BCUT2D eigenvalue weighted by molar-refractivity contribution is 5.89. The van der Waals surface area contributed by atoms with E-state index in [1.165, 1.54) is 0 Å². The molecule has 1 saturated heterocycles. The Labute approximate surface area is 145 Å². The molecule has 0 saturated carbocycles. The lowest BCUT2D eigenvalue weighted by Crippen LogP contribution is -2.52. The third-order valence-corrected chi connectivity index (χ3v) is 3.85. The van der Waals surface area contributed by atoms with Crippen molar-refractivity contribution in [2.24, 2.45) is 11.1 Å². The topological polar surface area (TPSA) is 84.7 Å². The number of amides is 2. The molecule has 1 aliphatic heterocycles. The van der Waals surface area contributed by atoms with Gasteiger partial charge in [-0.15, -0.1) is 12.4 Å². The van der Waals surface area contributed by atoms with Crippen molar-refractivity contribution >= 4 is 24.2 Å². The number of piperidine rings is 1. The largest absolute Gasteiger partial charge is 0.378 e. The molecule has 1 rings (SSSR count). The van der Waals surface area contributed by atoms with Crippen LogP contribution in [0.25, 0.3) is 0 Å². The van der Waals surface area contributed by atoms with Crippen LogP contribution in [-0.4, -0.2) is 55.1 Å². The predicted octanol–water partition coefficient (Wildman–Crippen LogP) is 1.32. The molecule has 1 heterocycles. The first-order valence-corrected chi connectivity index (χ1v) is 8.17. The van der Waals surface area contributed by atoms with Crippen LogP contribution < -0.4 is 11.1 Å². The van der Waals surface area contributed by atoms with Gasteiger partial charge in [-0.1, -0.05) is 20.8 Å². The van der Waals surface area contributed by atoms with Gasteiger partial charge in [-0.2, -0.15) is 0 Å². The summed E-state index contributed by atoms with van der Waals surface area (Å²) in [7, 11) is 0. The SMILES string of the molecule is CC(NC(=O)C(C)(C)C)C(=O)N1CCC(OCCCN)CC1.Cl. The highest BCUT2D eigenvalue weighted by atomic mass is 35.5. The second-order valence-corrected chi connectivity index (χ2v) is 6.98. The summed E-state index contributed by atoms with van der Waals surface area (Å²) >= 11 is 0. The molecular formula is C16H32ClN3O3. The summed E-state index contributed by atoms with van der Waals surface area (Å²) in [6, 6.07) is -0.485. The van der Waals surface area contributed by atoms with Crippen molar-refractivity contribution in [3.05, 3.63) is 0 Å². The summed E-state index contributed by atoms with van der Waals surface area (Å²) in [6.07, 6.45) is 2.77.